The molecular weight excluding hydrogens is 336 g/mol. The van der Waals surface area contributed by atoms with Crippen LogP contribution in [0.3, 0.4) is 0 Å². The summed E-state index contributed by atoms with van der Waals surface area (Å²) in [5.41, 5.74) is 0.593. The monoisotopic (exact) mass is 354 g/mol. The summed E-state index contributed by atoms with van der Waals surface area (Å²) in [6.07, 6.45) is 1.58. The molecule has 1 aromatic rings. The number of hydrogen-bond donors (Lipinski definition) is 1. The first-order valence-electron chi connectivity index (χ1n) is 7.00. The minimum Gasteiger partial charge on any atom is -0.355 e. The van der Waals surface area contributed by atoms with Crippen LogP contribution in [0.15, 0.2) is 22.9 Å². The SMILES string of the molecule is CCNC(=O)CN1CCN(C(=O)c2ccc(Br)nc2)CC1. The summed E-state index contributed by atoms with van der Waals surface area (Å²) in [7, 11) is 0. The third-order valence-electron chi connectivity index (χ3n) is 3.37. The first-order valence-corrected chi connectivity index (χ1v) is 7.79. The van der Waals surface area contributed by atoms with Gasteiger partial charge in [-0.3, -0.25) is 14.5 Å². The van der Waals surface area contributed by atoms with Crippen molar-refractivity contribution < 1.29 is 9.59 Å². The standard InChI is InChI=1S/C14H19BrN4O2/c1-2-16-13(20)10-18-5-7-19(8-6-18)14(21)11-3-4-12(15)17-9-11/h3-4,9H,2,5-8,10H2,1H3,(H,16,20). The number of nitrogens with zero attached hydrogens (tertiary/aromatic N) is 3. The predicted molar refractivity (Wildman–Crippen MR) is 83.0 cm³/mol. The van der Waals surface area contributed by atoms with E-state index in [9.17, 15) is 9.59 Å². The van der Waals surface area contributed by atoms with E-state index in [-0.39, 0.29) is 11.8 Å². The maximum Gasteiger partial charge on any atom is 0.255 e. The van der Waals surface area contributed by atoms with Crippen LogP contribution in [-0.4, -0.2) is 65.9 Å². The van der Waals surface area contributed by atoms with Gasteiger partial charge in [0, 0.05) is 38.9 Å². The van der Waals surface area contributed by atoms with Gasteiger partial charge in [0.25, 0.3) is 5.91 Å². The van der Waals surface area contributed by atoms with Gasteiger partial charge in [0.15, 0.2) is 0 Å². The number of pyridine rings is 1. The summed E-state index contributed by atoms with van der Waals surface area (Å²) in [6.45, 7) is 5.65. The third kappa shape index (κ3) is 4.50. The molecule has 7 heteroatoms. The average molecular weight is 355 g/mol. The molecule has 2 rings (SSSR count). The number of aromatic nitrogens is 1. The smallest absolute Gasteiger partial charge is 0.255 e. The Kier molecular flexibility index (Phi) is 5.69. The highest BCUT2D eigenvalue weighted by Gasteiger charge is 2.23. The molecule has 1 saturated heterocycles. The van der Waals surface area contributed by atoms with Crippen molar-refractivity contribution >= 4 is 27.7 Å². The van der Waals surface area contributed by atoms with E-state index in [1.165, 1.54) is 0 Å². The lowest BCUT2D eigenvalue weighted by atomic mass is 10.2. The van der Waals surface area contributed by atoms with E-state index < -0.39 is 0 Å². The van der Waals surface area contributed by atoms with E-state index in [4.69, 9.17) is 0 Å². The normalized spacial score (nSPS) is 15.8. The Morgan fingerprint density at radius 3 is 2.57 bits per heavy atom. The molecule has 114 valence electrons. The minimum absolute atomic E-state index is 0.00680. The van der Waals surface area contributed by atoms with Crippen molar-refractivity contribution in [1.29, 1.82) is 0 Å². The van der Waals surface area contributed by atoms with Crippen LogP contribution in [0.5, 0.6) is 0 Å². The number of carbonyl (C=O) groups is 2. The van der Waals surface area contributed by atoms with E-state index >= 15 is 0 Å². The first kappa shape index (κ1) is 15.9. The Labute approximate surface area is 132 Å². The number of hydrogen-bond acceptors (Lipinski definition) is 4. The van der Waals surface area contributed by atoms with Crippen LogP contribution in [0.4, 0.5) is 0 Å². The second kappa shape index (κ2) is 7.51. The number of amides is 2. The highest BCUT2D eigenvalue weighted by molar-refractivity contribution is 9.10. The molecule has 1 aromatic heterocycles. The first-order chi connectivity index (χ1) is 10.1. The maximum atomic E-state index is 12.3. The number of piperazine rings is 1. The van der Waals surface area contributed by atoms with Crippen LogP contribution in [0.2, 0.25) is 0 Å². The van der Waals surface area contributed by atoms with Gasteiger partial charge in [0.2, 0.25) is 5.91 Å². The van der Waals surface area contributed by atoms with E-state index in [0.29, 0.717) is 49.4 Å². The van der Waals surface area contributed by atoms with Gasteiger partial charge in [-0.1, -0.05) is 0 Å². The van der Waals surface area contributed by atoms with Gasteiger partial charge in [-0.15, -0.1) is 0 Å². The lowest BCUT2D eigenvalue weighted by molar-refractivity contribution is -0.122. The molecule has 2 amide bonds. The maximum absolute atomic E-state index is 12.3. The van der Waals surface area contributed by atoms with E-state index in [1.807, 2.05) is 6.92 Å². The minimum atomic E-state index is -0.00680. The summed E-state index contributed by atoms with van der Waals surface area (Å²) >= 11 is 3.25. The summed E-state index contributed by atoms with van der Waals surface area (Å²) < 4.78 is 0.714. The quantitative estimate of drug-likeness (QED) is 0.810. The molecule has 6 nitrogen and oxygen atoms in total. The van der Waals surface area contributed by atoms with Gasteiger partial charge < -0.3 is 10.2 Å². The van der Waals surface area contributed by atoms with Gasteiger partial charge in [0.05, 0.1) is 12.1 Å². The van der Waals surface area contributed by atoms with Crippen molar-refractivity contribution in [2.75, 3.05) is 39.3 Å². The zero-order valence-electron chi connectivity index (χ0n) is 12.0. The second-order valence-corrected chi connectivity index (χ2v) is 5.70. The largest absolute Gasteiger partial charge is 0.355 e. The van der Waals surface area contributed by atoms with E-state index in [1.54, 1.807) is 23.2 Å². The molecule has 0 saturated carbocycles. The van der Waals surface area contributed by atoms with Crippen molar-refractivity contribution in [2.24, 2.45) is 0 Å². The summed E-state index contributed by atoms with van der Waals surface area (Å²) in [5, 5.41) is 2.78. The Bertz CT molecular complexity index is 498. The number of likely N-dealkylation sites (N-methyl/N-ethyl adjacent to an activating group) is 1. The number of halogens is 1. The molecule has 1 fully saturated rings. The molecule has 0 unspecified atom stereocenters. The molecule has 0 spiro atoms. The van der Waals surface area contributed by atoms with Gasteiger partial charge in [-0.2, -0.15) is 0 Å². The number of carbonyl (C=O) groups excluding carboxylic acids is 2. The molecule has 1 N–H and O–H groups in total. The van der Waals surface area contributed by atoms with E-state index in [0.717, 1.165) is 0 Å². The Hall–Kier alpha value is -1.47. The summed E-state index contributed by atoms with van der Waals surface area (Å²) in [4.78, 5) is 31.8. The average Bonchev–Trinajstić information content (AvgIpc) is 2.48. The Balaban J connectivity index is 1.84. The molecule has 0 bridgehead atoms. The fourth-order valence-corrected chi connectivity index (χ4v) is 2.48. The highest BCUT2D eigenvalue weighted by atomic mass is 79.9. The second-order valence-electron chi connectivity index (χ2n) is 4.89. The molecule has 2 heterocycles. The van der Waals surface area contributed by atoms with Crippen LogP contribution < -0.4 is 5.32 Å². The van der Waals surface area contributed by atoms with Crippen molar-refractivity contribution in [3.63, 3.8) is 0 Å². The Morgan fingerprint density at radius 2 is 2.00 bits per heavy atom. The van der Waals surface area contributed by atoms with Crippen molar-refractivity contribution in [1.82, 2.24) is 20.1 Å². The lowest BCUT2D eigenvalue weighted by Gasteiger charge is -2.34. The van der Waals surface area contributed by atoms with E-state index in [2.05, 4.69) is 31.1 Å². The van der Waals surface area contributed by atoms with Crippen molar-refractivity contribution in [3.8, 4) is 0 Å². The van der Waals surface area contributed by atoms with Crippen LogP contribution in [0.1, 0.15) is 17.3 Å². The zero-order valence-corrected chi connectivity index (χ0v) is 13.6. The number of rotatable bonds is 4. The van der Waals surface area contributed by atoms with Gasteiger partial charge in [0.1, 0.15) is 4.60 Å². The fourth-order valence-electron chi connectivity index (χ4n) is 2.25. The molecular formula is C14H19BrN4O2. The highest BCUT2D eigenvalue weighted by Crippen LogP contribution is 2.11. The molecule has 21 heavy (non-hydrogen) atoms. The van der Waals surface area contributed by atoms with Crippen LogP contribution in [0, 0.1) is 0 Å². The zero-order chi connectivity index (χ0) is 15.2. The summed E-state index contributed by atoms with van der Waals surface area (Å²) in [6, 6.07) is 3.53. The van der Waals surface area contributed by atoms with Crippen LogP contribution >= 0.6 is 15.9 Å². The van der Waals surface area contributed by atoms with Crippen LogP contribution in [0.25, 0.3) is 0 Å². The summed E-state index contributed by atoms with van der Waals surface area (Å²) in [5.74, 6) is 0.0297. The fraction of sp³-hybridized carbons (Fsp3) is 0.500. The predicted octanol–water partition coefficient (Wildman–Crippen LogP) is 0.738. The molecule has 0 aromatic carbocycles. The van der Waals surface area contributed by atoms with Gasteiger partial charge in [-0.05, 0) is 35.0 Å². The molecule has 0 atom stereocenters. The van der Waals surface area contributed by atoms with Gasteiger partial charge >= 0.3 is 0 Å². The topological polar surface area (TPSA) is 65.5 Å². The van der Waals surface area contributed by atoms with Crippen molar-refractivity contribution in [2.45, 2.75) is 6.92 Å². The van der Waals surface area contributed by atoms with Crippen LogP contribution in [-0.2, 0) is 4.79 Å². The van der Waals surface area contributed by atoms with Gasteiger partial charge in [-0.25, -0.2) is 4.98 Å². The lowest BCUT2D eigenvalue weighted by Crippen LogP contribution is -2.51. The molecule has 1 aliphatic heterocycles. The molecule has 0 aliphatic carbocycles. The third-order valence-corrected chi connectivity index (χ3v) is 3.84. The Morgan fingerprint density at radius 1 is 1.29 bits per heavy atom. The van der Waals surface area contributed by atoms with Crippen molar-refractivity contribution in [3.05, 3.63) is 28.5 Å². The molecule has 1 aliphatic rings. The number of nitrogens with one attached hydrogen (secondary N) is 1. The molecule has 0 radical (unpaired) electrons.